The van der Waals surface area contributed by atoms with Crippen molar-refractivity contribution in [1.82, 2.24) is 4.98 Å². The van der Waals surface area contributed by atoms with Crippen LogP contribution in [0.15, 0.2) is 115 Å². The number of rotatable bonds is 11. The van der Waals surface area contributed by atoms with E-state index < -0.39 is 23.5 Å². The van der Waals surface area contributed by atoms with E-state index in [1.807, 2.05) is 31.0 Å². The maximum absolute atomic E-state index is 13.6. The van der Waals surface area contributed by atoms with E-state index in [-0.39, 0.29) is 27.9 Å². The molecule has 1 atom stereocenters. The molecule has 0 saturated carbocycles. The van der Waals surface area contributed by atoms with E-state index >= 15 is 0 Å². The third-order valence-electron chi connectivity index (χ3n) is 7.17. The highest BCUT2D eigenvalue weighted by atomic mass is 35.5. The molecule has 0 aliphatic heterocycles. The van der Waals surface area contributed by atoms with Gasteiger partial charge in [-0.05, 0) is 79.7 Å². The second-order valence-corrected chi connectivity index (χ2v) is 10.4. The molecule has 44 heavy (non-hydrogen) atoms. The number of benzene rings is 4. The number of carbonyl (C=O) groups excluding carboxylic acids is 3. The van der Waals surface area contributed by atoms with Gasteiger partial charge in [0.1, 0.15) is 17.5 Å². The first-order valence-electron chi connectivity index (χ1n) is 14.0. The highest BCUT2D eigenvalue weighted by molar-refractivity contribution is 6.30. The van der Waals surface area contributed by atoms with E-state index in [2.05, 4.69) is 4.98 Å². The summed E-state index contributed by atoms with van der Waals surface area (Å²) in [6.45, 7) is 2.35. The fraction of sp³-hybridized carbons (Fsp3) is 0.111. The number of pyridine rings is 1. The highest BCUT2D eigenvalue weighted by Crippen LogP contribution is 2.28. The molecule has 5 rings (SSSR count). The van der Waals surface area contributed by atoms with Crippen molar-refractivity contribution in [3.8, 4) is 5.75 Å². The van der Waals surface area contributed by atoms with E-state index in [1.54, 1.807) is 85.1 Å². The summed E-state index contributed by atoms with van der Waals surface area (Å²) in [5.41, 5.74) is 2.74. The lowest BCUT2D eigenvalue weighted by atomic mass is 9.89. The van der Waals surface area contributed by atoms with E-state index in [9.17, 15) is 19.5 Å². The van der Waals surface area contributed by atoms with Gasteiger partial charge < -0.3 is 14.7 Å². The lowest BCUT2D eigenvalue weighted by Crippen LogP contribution is -2.18. The van der Waals surface area contributed by atoms with Crippen LogP contribution in [-0.4, -0.2) is 41.1 Å². The Balaban J connectivity index is 1.48. The number of ketones is 3. The fourth-order valence-electron chi connectivity index (χ4n) is 4.74. The van der Waals surface area contributed by atoms with Gasteiger partial charge >= 0.3 is 0 Å². The number of nitrogens with zero attached hydrogens (tertiary/aromatic N) is 2. The van der Waals surface area contributed by atoms with Crippen molar-refractivity contribution in [2.45, 2.75) is 13.0 Å². The summed E-state index contributed by atoms with van der Waals surface area (Å²) in [5, 5.41) is 11.9. The Labute approximate surface area is 260 Å². The Bertz CT molecular complexity index is 1790. The first-order chi connectivity index (χ1) is 21.3. The molecule has 1 aromatic heterocycles. The molecule has 1 heterocycles. The molecule has 5 aromatic rings. The number of hydrogen-bond acceptors (Lipinski definition) is 7. The molecule has 0 amide bonds. The van der Waals surface area contributed by atoms with Crippen LogP contribution >= 0.6 is 11.6 Å². The quantitative estimate of drug-likeness (QED) is 0.158. The van der Waals surface area contributed by atoms with E-state index in [1.165, 1.54) is 18.2 Å². The van der Waals surface area contributed by atoms with Gasteiger partial charge in [-0.3, -0.25) is 19.4 Å². The third-order valence-corrected chi connectivity index (χ3v) is 7.42. The van der Waals surface area contributed by atoms with Crippen LogP contribution in [0.1, 0.15) is 60.9 Å². The largest absolute Gasteiger partial charge is 0.494 e. The lowest BCUT2D eigenvalue weighted by Gasteiger charge is -2.19. The summed E-state index contributed by atoms with van der Waals surface area (Å²) in [5.74, 6) is -0.813. The van der Waals surface area contributed by atoms with Crippen LogP contribution in [0.5, 0.6) is 5.75 Å². The summed E-state index contributed by atoms with van der Waals surface area (Å²) in [7, 11) is 1.87. The number of ether oxygens (including phenoxy) is 1. The molecular formula is C36H29ClN2O5. The molecule has 1 N–H and O–H groups in total. The van der Waals surface area contributed by atoms with Gasteiger partial charge in [-0.15, -0.1) is 0 Å². The minimum absolute atomic E-state index is 0.0303. The van der Waals surface area contributed by atoms with Gasteiger partial charge in [0.2, 0.25) is 5.78 Å². The van der Waals surface area contributed by atoms with Crippen molar-refractivity contribution in [2.24, 2.45) is 0 Å². The van der Waals surface area contributed by atoms with Crippen molar-refractivity contribution in [2.75, 3.05) is 18.6 Å². The summed E-state index contributed by atoms with van der Waals surface area (Å²) in [6.07, 6.45) is -0.101. The van der Waals surface area contributed by atoms with Crippen LogP contribution in [0.3, 0.4) is 0 Å². The smallest absolute Gasteiger partial charge is 0.211 e. The lowest BCUT2D eigenvalue weighted by molar-refractivity contribution is 0.0744. The molecule has 0 aliphatic carbocycles. The minimum Gasteiger partial charge on any atom is -0.494 e. The van der Waals surface area contributed by atoms with Gasteiger partial charge in [0.25, 0.3) is 0 Å². The maximum atomic E-state index is 13.6. The summed E-state index contributed by atoms with van der Waals surface area (Å²) in [6, 6.07) is 30.0. The van der Waals surface area contributed by atoms with Gasteiger partial charge in [0, 0.05) is 45.6 Å². The van der Waals surface area contributed by atoms with Crippen LogP contribution in [0, 0.1) is 0 Å². The SMILES string of the molecule is CCOc1ccc(C(=O)c2ccc(C(=O)c3ccc(N(C)c4ccc(Cl)cc4)cn3)cc2C(O)C(=O)c2ccccc2)cc1. The van der Waals surface area contributed by atoms with Crippen molar-refractivity contribution in [1.29, 1.82) is 0 Å². The molecule has 8 heteroatoms. The Kier molecular flexibility index (Phi) is 9.29. The topological polar surface area (TPSA) is 96.8 Å². The first kappa shape index (κ1) is 30.4. The summed E-state index contributed by atoms with van der Waals surface area (Å²) >= 11 is 6.00. The number of aliphatic hydroxyl groups is 1. The van der Waals surface area contributed by atoms with Gasteiger partial charge in [-0.1, -0.05) is 48.0 Å². The normalized spacial score (nSPS) is 11.5. The highest BCUT2D eigenvalue weighted by Gasteiger charge is 2.27. The number of aromatic nitrogens is 1. The molecule has 0 aliphatic rings. The van der Waals surface area contributed by atoms with Crippen LogP contribution in [0.2, 0.25) is 5.02 Å². The molecule has 0 saturated heterocycles. The monoisotopic (exact) mass is 604 g/mol. The predicted octanol–water partition coefficient (Wildman–Crippen LogP) is 7.28. The molecule has 220 valence electrons. The van der Waals surface area contributed by atoms with E-state index in [0.29, 0.717) is 22.9 Å². The zero-order chi connectivity index (χ0) is 31.2. The second kappa shape index (κ2) is 13.5. The molecule has 7 nitrogen and oxygen atoms in total. The van der Waals surface area contributed by atoms with Crippen molar-refractivity contribution in [3.05, 3.63) is 154 Å². The van der Waals surface area contributed by atoms with Crippen molar-refractivity contribution < 1.29 is 24.2 Å². The third kappa shape index (κ3) is 6.59. The average Bonchev–Trinajstić information content (AvgIpc) is 3.07. The number of anilines is 2. The fourth-order valence-corrected chi connectivity index (χ4v) is 4.87. The van der Waals surface area contributed by atoms with Crippen LogP contribution in [-0.2, 0) is 0 Å². The van der Waals surface area contributed by atoms with Gasteiger partial charge in [-0.25, -0.2) is 0 Å². The Morgan fingerprint density at radius 2 is 1.45 bits per heavy atom. The van der Waals surface area contributed by atoms with E-state index in [4.69, 9.17) is 16.3 Å². The number of aliphatic hydroxyl groups excluding tert-OH is 1. The predicted molar refractivity (Wildman–Crippen MR) is 170 cm³/mol. The van der Waals surface area contributed by atoms with Crippen molar-refractivity contribution >= 4 is 40.3 Å². The summed E-state index contributed by atoms with van der Waals surface area (Å²) < 4.78 is 5.47. The zero-order valence-corrected chi connectivity index (χ0v) is 24.9. The second-order valence-electron chi connectivity index (χ2n) is 9.99. The maximum Gasteiger partial charge on any atom is 0.211 e. The van der Waals surface area contributed by atoms with Gasteiger partial charge in [0.15, 0.2) is 11.6 Å². The van der Waals surface area contributed by atoms with Crippen molar-refractivity contribution in [3.63, 3.8) is 0 Å². The van der Waals surface area contributed by atoms with Crippen LogP contribution < -0.4 is 9.64 Å². The molecular weight excluding hydrogens is 576 g/mol. The molecule has 4 aromatic carbocycles. The number of halogens is 1. The zero-order valence-electron chi connectivity index (χ0n) is 24.1. The minimum atomic E-state index is -1.69. The Morgan fingerprint density at radius 3 is 2.09 bits per heavy atom. The molecule has 0 spiro atoms. The van der Waals surface area contributed by atoms with Crippen LogP contribution in [0.4, 0.5) is 11.4 Å². The molecule has 0 bridgehead atoms. The first-order valence-corrected chi connectivity index (χ1v) is 14.3. The average molecular weight is 605 g/mol. The molecule has 0 radical (unpaired) electrons. The Morgan fingerprint density at radius 1 is 0.795 bits per heavy atom. The number of Topliss-reactive ketones (excluding diaryl/α,β-unsaturated/α-hetero) is 1. The van der Waals surface area contributed by atoms with E-state index in [0.717, 1.165) is 11.4 Å². The van der Waals surface area contributed by atoms with Gasteiger partial charge in [0.05, 0.1) is 18.5 Å². The number of carbonyl (C=O) groups is 3. The molecule has 1 unspecified atom stereocenters. The van der Waals surface area contributed by atoms with Crippen LogP contribution in [0.25, 0.3) is 0 Å². The number of hydrogen-bond donors (Lipinski definition) is 1. The Hall–Kier alpha value is -5.11. The standard InChI is InChI=1S/C36H29ClN2O5/c1-3-44-29-17-9-24(10-18-29)33(40)30-19-11-25(21-31(30)36(43)35(42)23-7-5-4-6-8-23)34(41)32-20-16-28(22-38-32)39(2)27-14-12-26(37)13-15-27/h4-22,36,43H,3H2,1-2H3. The molecule has 0 fully saturated rings. The summed E-state index contributed by atoms with van der Waals surface area (Å²) in [4.78, 5) is 46.7. The van der Waals surface area contributed by atoms with Gasteiger partial charge in [-0.2, -0.15) is 0 Å².